The van der Waals surface area contributed by atoms with Crippen LogP contribution in [0.2, 0.25) is 0 Å². The number of benzene rings is 1. The highest BCUT2D eigenvalue weighted by Crippen LogP contribution is 2.21. The monoisotopic (exact) mass is 310 g/mol. The minimum absolute atomic E-state index is 0.415. The van der Waals surface area contributed by atoms with Crippen molar-refractivity contribution in [2.75, 3.05) is 25.9 Å². The number of nitrogens with zero attached hydrogens (tertiary/aromatic N) is 1. The summed E-state index contributed by atoms with van der Waals surface area (Å²) in [6, 6.07) is 6.42. The minimum Gasteiger partial charge on any atom is -0.299 e. The van der Waals surface area contributed by atoms with Crippen LogP contribution in [0.4, 0.5) is 0 Å². The molecule has 1 aromatic rings. The molecular weight excluding hydrogens is 284 g/mol. The predicted octanol–water partition coefficient (Wildman–Crippen LogP) is 2.06. The molecule has 118 valence electrons. The van der Waals surface area contributed by atoms with Crippen LogP contribution < -0.4 is 4.72 Å². The number of aryl methyl sites for hydroxylation is 2. The number of nitrogens with one attached hydrogen (secondary N) is 1. The molecule has 0 radical (unpaired) electrons. The lowest BCUT2D eigenvalue weighted by Crippen LogP contribution is -2.40. The molecule has 0 aromatic heterocycles. The molecule has 0 unspecified atom stereocenters. The summed E-state index contributed by atoms with van der Waals surface area (Å²) < 4.78 is 25.1. The maximum absolute atomic E-state index is 11.2. The van der Waals surface area contributed by atoms with Gasteiger partial charge in [-0.15, -0.1) is 0 Å². The van der Waals surface area contributed by atoms with Crippen molar-refractivity contribution >= 4 is 10.0 Å². The van der Waals surface area contributed by atoms with E-state index in [0.29, 0.717) is 12.5 Å². The van der Waals surface area contributed by atoms with Crippen LogP contribution >= 0.6 is 0 Å². The zero-order chi connectivity index (χ0) is 15.5. The molecule has 0 saturated carbocycles. The molecule has 1 aliphatic rings. The van der Waals surface area contributed by atoms with E-state index in [0.717, 1.165) is 32.5 Å². The molecule has 0 spiro atoms. The maximum Gasteiger partial charge on any atom is 0.208 e. The first-order chi connectivity index (χ1) is 9.85. The van der Waals surface area contributed by atoms with Gasteiger partial charge in [0.15, 0.2) is 0 Å². The van der Waals surface area contributed by atoms with Crippen LogP contribution in [0.15, 0.2) is 18.2 Å². The zero-order valence-corrected chi connectivity index (χ0v) is 14.0. The predicted molar refractivity (Wildman–Crippen MR) is 86.8 cm³/mol. The Balaban J connectivity index is 1.95. The first kappa shape index (κ1) is 16.5. The van der Waals surface area contributed by atoms with Gasteiger partial charge in [0.1, 0.15) is 0 Å². The zero-order valence-electron chi connectivity index (χ0n) is 13.2. The normalized spacial score (nSPS) is 20.6. The summed E-state index contributed by atoms with van der Waals surface area (Å²) in [5.41, 5.74) is 4.09. The van der Waals surface area contributed by atoms with Crippen LogP contribution in [0, 0.1) is 19.8 Å². The van der Waals surface area contributed by atoms with Crippen LogP contribution in [0.5, 0.6) is 0 Å². The van der Waals surface area contributed by atoms with Crippen LogP contribution in [0.1, 0.15) is 29.5 Å². The van der Waals surface area contributed by atoms with E-state index < -0.39 is 10.0 Å². The number of rotatable bonds is 5. The third-order valence-corrected chi connectivity index (χ3v) is 4.95. The molecule has 1 N–H and O–H groups in total. The summed E-state index contributed by atoms with van der Waals surface area (Å²) in [7, 11) is -3.08. The average molecular weight is 310 g/mol. The van der Waals surface area contributed by atoms with E-state index in [9.17, 15) is 8.42 Å². The molecular formula is C16H26N2O2S. The molecule has 4 nitrogen and oxygen atoms in total. The molecule has 1 fully saturated rings. The third-order valence-electron chi connectivity index (χ3n) is 4.26. The summed E-state index contributed by atoms with van der Waals surface area (Å²) >= 11 is 0. The molecule has 1 aliphatic heterocycles. The highest BCUT2D eigenvalue weighted by Gasteiger charge is 2.21. The summed E-state index contributed by atoms with van der Waals surface area (Å²) in [6.07, 6.45) is 3.47. The Hall–Kier alpha value is -0.910. The number of hydrogen-bond acceptors (Lipinski definition) is 3. The number of hydrogen-bond donors (Lipinski definition) is 1. The van der Waals surface area contributed by atoms with Gasteiger partial charge in [-0.1, -0.05) is 18.2 Å². The first-order valence-electron chi connectivity index (χ1n) is 7.57. The number of piperidine rings is 1. The Bertz CT molecular complexity index is 564. The molecule has 0 amide bonds. The smallest absolute Gasteiger partial charge is 0.208 e. The topological polar surface area (TPSA) is 49.4 Å². The Morgan fingerprint density at radius 1 is 1.29 bits per heavy atom. The van der Waals surface area contributed by atoms with E-state index in [1.54, 1.807) is 0 Å². The van der Waals surface area contributed by atoms with Gasteiger partial charge in [-0.05, 0) is 55.8 Å². The SMILES string of the molecule is Cc1cccc(C)c1CN1CCC[C@@H](CNS(C)(=O)=O)C1. The average Bonchev–Trinajstić information content (AvgIpc) is 2.41. The standard InChI is InChI=1S/C16H26N2O2S/c1-13-6-4-7-14(2)16(13)12-18-9-5-8-15(11-18)10-17-21(3,19)20/h4,6-7,15,17H,5,8-12H2,1-3H3/t15-/m0/s1. The summed E-state index contributed by atoms with van der Waals surface area (Å²) in [4.78, 5) is 2.45. The van der Waals surface area contributed by atoms with E-state index in [1.165, 1.54) is 22.9 Å². The lowest BCUT2D eigenvalue weighted by molar-refractivity contribution is 0.168. The van der Waals surface area contributed by atoms with E-state index in [2.05, 4.69) is 41.7 Å². The van der Waals surface area contributed by atoms with Crippen molar-refractivity contribution in [3.05, 3.63) is 34.9 Å². The lowest BCUT2D eigenvalue weighted by Gasteiger charge is -2.33. The van der Waals surface area contributed by atoms with Gasteiger partial charge in [-0.25, -0.2) is 13.1 Å². The van der Waals surface area contributed by atoms with E-state index >= 15 is 0 Å². The van der Waals surface area contributed by atoms with Gasteiger partial charge in [0.25, 0.3) is 0 Å². The quantitative estimate of drug-likeness (QED) is 0.906. The Labute approximate surface area is 128 Å². The molecule has 2 rings (SSSR count). The molecule has 1 heterocycles. The van der Waals surface area contributed by atoms with Crippen molar-refractivity contribution < 1.29 is 8.42 Å². The second-order valence-corrected chi connectivity index (χ2v) is 8.07. The molecule has 5 heteroatoms. The van der Waals surface area contributed by atoms with Gasteiger partial charge in [0.2, 0.25) is 10.0 Å². The molecule has 1 atom stereocenters. The summed E-state index contributed by atoms with van der Waals surface area (Å²) in [5, 5.41) is 0. The fraction of sp³-hybridized carbons (Fsp3) is 0.625. The van der Waals surface area contributed by atoms with Crippen LogP contribution in [-0.4, -0.2) is 39.2 Å². The lowest BCUT2D eigenvalue weighted by atomic mass is 9.96. The maximum atomic E-state index is 11.2. The fourth-order valence-electron chi connectivity index (χ4n) is 3.05. The van der Waals surface area contributed by atoms with Gasteiger partial charge in [-0.2, -0.15) is 0 Å². The van der Waals surface area contributed by atoms with Gasteiger partial charge in [0.05, 0.1) is 6.26 Å². The van der Waals surface area contributed by atoms with Crippen molar-refractivity contribution in [2.45, 2.75) is 33.2 Å². The Morgan fingerprint density at radius 3 is 2.57 bits per heavy atom. The van der Waals surface area contributed by atoms with E-state index in [1.807, 2.05) is 0 Å². The Morgan fingerprint density at radius 2 is 1.95 bits per heavy atom. The van der Waals surface area contributed by atoms with E-state index in [4.69, 9.17) is 0 Å². The fourth-order valence-corrected chi connectivity index (χ4v) is 3.59. The summed E-state index contributed by atoms with van der Waals surface area (Å²) in [6.45, 7) is 7.92. The minimum atomic E-state index is -3.08. The van der Waals surface area contributed by atoms with Gasteiger partial charge >= 0.3 is 0 Å². The highest BCUT2D eigenvalue weighted by atomic mass is 32.2. The summed E-state index contributed by atoms with van der Waals surface area (Å²) in [5.74, 6) is 0.415. The first-order valence-corrected chi connectivity index (χ1v) is 9.46. The van der Waals surface area contributed by atoms with Gasteiger partial charge in [0, 0.05) is 19.6 Å². The van der Waals surface area contributed by atoms with Crippen molar-refractivity contribution in [3.63, 3.8) is 0 Å². The molecule has 21 heavy (non-hydrogen) atoms. The molecule has 0 bridgehead atoms. The van der Waals surface area contributed by atoms with Crippen molar-refractivity contribution in [1.82, 2.24) is 9.62 Å². The Kier molecular flexibility index (Phi) is 5.41. The van der Waals surface area contributed by atoms with Gasteiger partial charge < -0.3 is 0 Å². The largest absolute Gasteiger partial charge is 0.299 e. The van der Waals surface area contributed by atoms with Crippen LogP contribution in [0.25, 0.3) is 0 Å². The van der Waals surface area contributed by atoms with E-state index in [-0.39, 0.29) is 0 Å². The highest BCUT2D eigenvalue weighted by molar-refractivity contribution is 7.88. The second kappa shape index (κ2) is 6.90. The number of sulfonamides is 1. The van der Waals surface area contributed by atoms with Crippen molar-refractivity contribution in [1.29, 1.82) is 0 Å². The third kappa shape index (κ3) is 5.09. The molecule has 1 saturated heterocycles. The van der Waals surface area contributed by atoms with Crippen LogP contribution in [-0.2, 0) is 16.6 Å². The number of likely N-dealkylation sites (tertiary alicyclic amines) is 1. The van der Waals surface area contributed by atoms with Crippen molar-refractivity contribution in [3.8, 4) is 0 Å². The molecule has 1 aromatic carbocycles. The van der Waals surface area contributed by atoms with Gasteiger partial charge in [-0.3, -0.25) is 4.90 Å². The molecule has 0 aliphatic carbocycles. The van der Waals surface area contributed by atoms with Crippen molar-refractivity contribution in [2.24, 2.45) is 5.92 Å². The van der Waals surface area contributed by atoms with Crippen LogP contribution in [0.3, 0.4) is 0 Å². The second-order valence-electron chi connectivity index (χ2n) is 6.23.